The predicted molar refractivity (Wildman–Crippen MR) is 47.1 cm³/mol. The summed E-state index contributed by atoms with van der Waals surface area (Å²) in [5.74, 6) is 0.0182. The number of carbonyl (C=O) groups is 1. The Labute approximate surface area is 77.8 Å². The SMILES string of the molecule is O=Cc1cc(Br)c(O)cc1CO. The molecule has 1 aromatic rings. The van der Waals surface area contributed by atoms with Gasteiger partial charge in [0, 0.05) is 5.56 Å². The van der Waals surface area contributed by atoms with Crippen LogP contribution in [0.4, 0.5) is 0 Å². The first-order valence-electron chi connectivity index (χ1n) is 3.26. The molecular weight excluding hydrogens is 224 g/mol. The van der Waals surface area contributed by atoms with Crippen molar-refractivity contribution in [1.82, 2.24) is 0 Å². The van der Waals surface area contributed by atoms with Crippen LogP contribution < -0.4 is 0 Å². The average molecular weight is 231 g/mol. The van der Waals surface area contributed by atoms with Crippen molar-refractivity contribution < 1.29 is 15.0 Å². The van der Waals surface area contributed by atoms with Crippen LogP contribution in [0.25, 0.3) is 0 Å². The van der Waals surface area contributed by atoms with E-state index in [2.05, 4.69) is 15.9 Å². The fraction of sp³-hybridized carbons (Fsp3) is 0.125. The van der Waals surface area contributed by atoms with Gasteiger partial charge in [-0.05, 0) is 33.6 Å². The number of aldehydes is 1. The highest BCUT2D eigenvalue weighted by Gasteiger charge is 2.05. The molecule has 0 fully saturated rings. The zero-order valence-electron chi connectivity index (χ0n) is 6.12. The van der Waals surface area contributed by atoms with E-state index in [1.807, 2.05) is 0 Å². The van der Waals surface area contributed by atoms with Crippen LogP contribution in [-0.2, 0) is 6.61 Å². The number of carbonyl (C=O) groups excluding carboxylic acids is 1. The monoisotopic (exact) mass is 230 g/mol. The minimum absolute atomic E-state index is 0.0182. The molecule has 0 saturated heterocycles. The fourth-order valence-corrected chi connectivity index (χ4v) is 1.23. The molecule has 0 atom stereocenters. The van der Waals surface area contributed by atoms with Crippen LogP contribution in [0.5, 0.6) is 5.75 Å². The summed E-state index contributed by atoms with van der Waals surface area (Å²) < 4.78 is 0.446. The topological polar surface area (TPSA) is 57.5 Å². The van der Waals surface area contributed by atoms with Crippen molar-refractivity contribution in [3.8, 4) is 5.75 Å². The number of aliphatic hydroxyl groups excluding tert-OH is 1. The standard InChI is InChI=1S/C8H7BrO3/c9-7-1-5(3-10)6(4-11)2-8(7)12/h1-3,11-12H,4H2. The largest absolute Gasteiger partial charge is 0.507 e. The van der Waals surface area contributed by atoms with Gasteiger partial charge in [-0.15, -0.1) is 0 Å². The number of halogens is 1. The van der Waals surface area contributed by atoms with Gasteiger partial charge in [0.1, 0.15) is 12.0 Å². The molecule has 0 unspecified atom stereocenters. The van der Waals surface area contributed by atoms with Gasteiger partial charge in [0.25, 0.3) is 0 Å². The summed E-state index contributed by atoms with van der Waals surface area (Å²) in [7, 11) is 0. The van der Waals surface area contributed by atoms with Gasteiger partial charge >= 0.3 is 0 Å². The van der Waals surface area contributed by atoms with Gasteiger partial charge in [-0.1, -0.05) is 0 Å². The van der Waals surface area contributed by atoms with Crippen molar-refractivity contribution in [3.63, 3.8) is 0 Å². The molecule has 3 nitrogen and oxygen atoms in total. The van der Waals surface area contributed by atoms with Crippen LogP contribution >= 0.6 is 15.9 Å². The summed E-state index contributed by atoms with van der Waals surface area (Å²) in [5, 5.41) is 18.0. The predicted octanol–water partition coefficient (Wildman–Crippen LogP) is 1.46. The highest BCUT2D eigenvalue weighted by molar-refractivity contribution is 9.10. The smallest absolute Gasteiger partial charge is 0.150 e. The van der Waals surface area contributed by atoms with Gasteiger partial charge in [-0.2, -0.15) is 0 Å². The third kappa shape index (κ3) is 1.65. The summed E-state index contributed by atoms with van der Waals surface area (Å²) in [6, 6.07) is 2.82. The lowest BCUT2D eigenvalue weighted by Gasteiger charge is -2.03. The normalized spacial score (nSPS) is 9.83. The Bertz CT molecular complexity index is 309. The zero-order chi connectivity index (χ0) is 9.14. The van der Waals surface area contributed by atoms with Crippen molar-refractivity contribution >= 4 is 22.2 Å². The Morgan fingerprint density at radius 3 is 2.67 bits per heavy atom. The maximum atomic E-state index is 10.4. The molecule has 1 aromatic carbocycles. The molecule has 0 amide bonds. The van der Waals surface area contributed by atoms with Crippen molar-refractivity contribution in [2.45, 2.75) is 6.61 Å². The minimum Gasteiger partial charge on any atom is -0.507 e. The lowest BCUT2D eigenvalue weighted by atomic mass is 10.1. The quantitative estimate of drug-likeness (QED) is 0.757. The number of aliphatic hydroxyl groups is 1. The van der Waals surface area contributed by atoms with E-state index in [0.29, 0.717) is 21.9 Å². The van der Waals surface area contributed by atoms with E-state index in [1.54, 1.807) is 0 Å². The van der Waals surface area contributed by atoms with E-state index >= 15 is 0 Å². The molecule has 2 N–H and O–H groups in total. The summed E-state index contributed by atoms with van der Waals surface area (Å²) >= 11 is 3.06. The number of hydrogen-bond donors (Lipinski definition) is 2. The maximum absolute atomic E-state index is 10.4. The summed E-state index contributed by atoms with van der Waals surface area (Å²) in [6.07, 6.45) is 0.635. The first-order valence-corrected chi connectivity index (χ1v) is 4.05. The first-order chi connectivity index (χ1) is 5.69. The Kier molecular flexibility index (Phi) is 2.83. The molecule has 0 spiro atoms. The summed E-state index contributed by atoms with van der Waals surface area (Å²) in [5.41, 5.74) is 0.799. The van der Waals surface area contributed by atoms with E-state index in [0.717, 1.165) is 0 Å². The Morgan fingerprint density at radius 1 is 1.50 bits per heavy atom. The van der Waals surface area contributed by atoms with Crippen LogP contribution in [0.2, 0.25) is 0 Å². The van der Waals surface area contributed by atoms with E-state index in [4.69, 9.17) is 5.11 Å². The third-order valence-corrected chi connectivity index (χ3v) is 2.14. The van der Waals surface area contributed by atoms with Gasteiger partial charge in [0.15, 0.2) is 0 Å². The average Bonchev–Trinajstić information content (AvgIpc) is 2.09. The lowest BCUT2D eigenvalue weighted by Crippen LogP contribution is -1.92. The molecule has 0 aliphatic rings. The van der Waals surface area contributed by atoms with Crippen molar-refractivity contribution in [2.75, 3.05) is 0 Å². The second-order valence-corrected chi connectivity index (χ2v) is 3.13. The van der Waals surface area contributed by atoms with Crippen LogP contribution in [0.3, 0.4) is 0 Å². The van der Waals surface area contributed by atoms with Crippen molar-refractivity contribution in [1.29, 1.82) is 0 Å². The fourth-order valence-electron chi connectivity index (χ4n) is 0.867. The maximum Gasteiger partial charge on any atom is 0.150 e. The van der Waals surface area contributed by atoms with Crippen LogP contribution in [0.15, 0.2) is 16.6 Å². The molecule has 0 radical (unpaired) electrons. The van der Waals surface area contributed by atoms with Gasteiger partial charge in [-0.25, -0.2) is 0 Å². The minimum atomic E-state index is -0.255. The number of aromatic hydroxyl groups is 1. The highest BCUT2D eigenvalue weighted by Crippen LogP contribution is 2.26. The number of benzene rings is 1. The molecule has 0 aliphatic heterocycles. The van der Waals surface area contributed by atoms with E-state index in [1.165, 1.54) is 12.1 Å². The van der Waals surface area contributed by atoms with Gasteiger partial charge < -0.3 is 10.2 Å². The number of phenols is 1. The van der Waals surface area contributed by atoms with Crippen LogP contribution in [0, 0.1) is 0 Å². The number of phenolic OH excluding ortho intramolecular Hbond substituents is 1. The molecule has 64 valence electrons. The molecule has 0 aromatic heterocycles. The summed E-state index contributed by atoms with van der Waals surface area (Å²) in [6.45, 7) is -0.255. The molecular formula is C8H7BrO3. The second-order valence-electron chi connectivity index (χ2n) is 2.28. The van der Waals surface area contributed by atoms with Gasteiger partial charge in [0.05, 0.1) is 11.1 Å². The Hall–Kier alpha value is -0.870. The van der Waals surface area contributed by atoms with Crippen molar-refractivity contribution in [3.05, 3.63) is 27.7 Å². The molecule has 12 heavy (non-hydrogen) atoms. The Balaban J connectivity index is 3.28. The van der Waals surface area contributed by atoms with Crippen LogP contribution in [0.1, 0.15) is 15.9 Å². The molecule has 0 bridgehead atoms. The molecule has 0 saturated carbocycles. The van der Waals surface area contributed by atoms with E-state index in [-0.39, 0.29) is 12.4 Å². The Morgan fingerprint density at radius 2 is 2.17 bits per heavy atom. The zero-order valence-corrected chi connectivity index (χ0v) is 7.71. The summed E-state index contributed by atoms with van der Waals surface area (Å²) in [4.78, 5) is 10.4. The molecule has 0 heterocycles. The van der Waals surface area contributed by atoms with Crippen molar-refractivity contribution in [2.24, 2.45) is 0 Å². The molecule has 1 rings (SSSR count). The number of rotatable bonds is 2. The highest BCUT2D eigenvalue weighted by atomic mass is 79.9. The third-order valence-electron chi connectivity index (χ3n) is 1.51. The van der Waals surface area contributed by atoms with E-state index in [9.17, 15) is 9.90 Å². The molecule has 4 heteroatoms. The first kappa shape index (κ1) is 9.22. The lowest BCUT2D eigenvalue weighted by molar-refractivity contribution is 0.112. The van der Waals surface area contributed by atoms with E-state index < -0.39 is 0 Å². The van der Waals surface area contributed by atoms with Crippen LogP contribution in [-0.4, -0.2) is 16.5 Å². The number of hydrogen-bond acceptors (Lipinski definition) is 3. The van der Waals surface area contributed by atoms with Gasteiger partial charge in [0.2, 0.25) is 0 Å². The molecule has 0 aliphatic carbocycles. The second kappa shape index (κ2) is 3.69. The van der Waals surface area contributed by atoms with Gasteiger partial charge in [-0.3, -0.25) is 4.79 Å².